The highest BCUT2D eigenvalue weighted by Crippen LogP contribution is 2.33. The van der Waals surface area contributed by atoms with Gasteiger partial charge in [0.25, 0.3) is 5.69 Å². The number of likely N-dealkylation sites (tertiary alicyclic amines) is 1. The lowest BCUT2D eigenvalue weighted by Crippen LogP contribution is -2.39. The van der Waals surface area contributed by atoms with Gasteiger partial charge in [0.2, 0.25) is 5.91 Å². The predicted octanol–water partition coefficient (Wildman–Crippen LogP) is 2.55. The molecule has 0 spiro atoms. The first-order valence-corrected chi connectivity index (χ1v) is 10.6. The van der Waals surface area contributed by atoms with Gasteiger partial charge in [0.05, 0.1) is 11.3 Å². The highest BCUT2D eigenvalue weighted by atomic mass is 16.6. The van der Waals surface area contributed by atoms with Crippen molar-refractivity contribution in [2.75, 3.05) is 13.1 Å². The first-order chi connectivity index (χ1) is 14.4. The highest BCUT2D eigenvalue weighted by molar-refractivity contribution is 5.79. The third-order valence-corrected chi connectivity index (χ3v) is 6.39. The van der Waals surface area contributed by atoms with Crippen LogP contribution in [0, 0.1) is 10.1 Å². The number of nitro benzene ring substituents is 1. The zero-order valence-electron chi connectivity index (χ0n) is 17.2. The number of amides is 1. The van der Waals surface area contributed by atoms with Crippen LogP contribution in [0.25, 0.3) is 0 Å². The lowest BCUT2D eigenvalue weighted by atomic mass is 9.95. The summed E-state index contributed by atoms with van der Waals surface area (Å²) in [7, 11) is 1.71. The molecule has 1 aliphatic carbocycles. The number of benzene rings is 1. The van der Waals surface area contributed by atoms with Crippen molar-refractivity contribution in [3.63, 3.8) is 0 Å². The lowest BCUT2D eigenvalue weighted by molar-refractivity contribution is -0.384. The van der Waals surface area contributed by atoms with E-state index in [2.05, 4.69) is 5.10 Å². The van der Waals surface area contributed by atoms with Crippen LogP contribution in [0.1, 0.15) is 61.9 Å². The minimum Gasteiger partial charge on any atom is -0.342 e. The third kappa shape index (κ3) is 4.01. The zero-order valence-corrected chi connectivity index (χ0v) is 17.2. The lowest BCUT2D eigenvalue weighted by Gasteiger charge is -2.32. The number of piperidine rings is 1. The fraction of sp³-hybridized carbons (Fsp3) is 0.571. The van der Waals surface area contributed by atoms with Crippen LogP contribution in [0.3, 0.4) is 0 Å². The Morgan fingerprint density at radius 2 is 1.77 bits per heavy atom. The standard InChI is InChI=1S/C21H27N5O4/c1-23-21(28)25(17-4-2-3-5-17)20(22-23)16-10-12-24(13-11-16)19(27)14-15-6-8-18(9-7-15)26(29)30/h6-9,16-17H,2-5,10-14H2,1H3. The molecule has 0 atom stereocenters. The Bertz CT molecular complexity index is 980. The van der Waals surface area contributed by atoms with Crippen molar-refractivity contribution >= 4 is 11.6 Å². The topological polar surface area (TPSA) is 103 Å². The monoisotopic (exact) mass is 413 g/mol. The summed E-state index contributed by atoms with van der Waals surface area (Å²) >= 11 is 0. The molecule has 1 aliphatic heterocycles. The van der Waals surface area contributed by atoms with Crippen molar-refractivity contribution in [1.29, 1.82) is 0 Å². The van der Waals surface area contributed by atoms with Crippen molar-refractivity contribution < 1.29 is 9.72 Å². The number of aromatic nitrogens is 3. The number of nitrogens with zero attached hydrogens (tertiary/aromatic N) is 5. The van der Waals surface area contributed by atoms with Crippen LogP contribution in [-0.2, 0) is 18.3 Å². The molecule has 1 aromatic heterocycles. The van der Waals surface area contributed by atoms with E-state index in [1.807, 2.05) is 9.47 Å². The van der Waals surface area contributed by atoms with Gasteiger partial charge in [-0.25, -0.2) is 9.48 Å². The molecule has 0 bridgehead atoms. The maximum Gasteiger partial charge on any atom is 0.345 e. The van der Waals surface area contributed by atoms with E-state index in [4.69, 9.17) is 0 Å². The van der Waals surface area contributed by atoms with Gasteiger partial charge in [-0.1, -0.05) is 25.0 Å². The molecule has 2 heterocycles. The molecule has 160 valence electrons. The second-order valence-corrected chi connectivity index (χ2v) is 8.33. The first-order valence-electron chi connectivity index (χ1n) is 10.6. The number of rotatable bonds is 5. The Kier molecular flexibility index (Phi) is 5.69. The van der Waals surface area contributed by atoms with Gasteiger partial charge in [-0.15, -0.1) is 0 Å². The van der Waals surface area contributed by atoms with Gasteiger partial charge in [0.15, 0.2) is 0 Å². The van der Waals surface area contributed by atoms with Gasteiger partial charge in [-0.3, -0.25) is 19.5 Å². The molecule has 4 rings (SSSR count). The summed E-state index contributed by atoms with van der Waals surface area (Å²) in [5, 5.41) is 15.3. The Balaban J connectivity index is 1.39. The molecule has 0 unspecified atom stereocenters. The van der Waals surface area contributed by atoms with Gasteiger partial charge >= 0.3 is 5.69 Å². The normalized spacial score (nSPS) is 18.1. The quantitative estimate of drug-likeness (QED) is 0.554. The van der Waals surface area contributed by atoms with Crippen LogP contribution in [-0.4, -0.2) is 43.2 Å². The smallest absolute Gasteiger partial charge is 0.342 e. The van der Waals surface area contributed by atoms with Gasteiger partial charge in [-0.2, -0.15) is 5.10 Å². The van der Waals surface area contributed by atoms with Crippen LogP contribution in [0.15, 0.2) is 29.1 Å². The molecule has 0 N–H and O–H groups in total. The van der Waals surface area contributed by atoms with Crippen LogP contribution in [0.5, 0.6) is 0 Å². The second kappa shape index (κ2) is 8.41. The molecule has 1 saturated carbocycles. The first kappa shape index (κ1) is 20.3. The summed E-state index contributed by atoms with van der Waals surface area (Å²) in [5.74, 6) is 1.08. The Morgan fingerprint density at radius 3 is 2.37 bits per heavy atom. The molecule has 0 radical (unpaired) electrons. The van der Waals surface area contributed by atoms with Crippen LogP contribution >= 0.6 is 0 Å². The number of non-ortho nitro benzene ring substituents is 1. The van der Waals surface area contributed by atoms with E-state index in [0.29, 0.717) is 13.1 Å². The van der Waals surface area contributed by atoms with Gasteiger partial charge in [0.1, 0.15) is 5.82 Å². The Morgan fingerprint density at radius 1 is 1.13 bits per heavy atom. The molecular formula is C21H27N5O4. The summed E-state index contributed by atoms with van der Waals surface area (Å²) in [6.07, 6.45) is 6.18. The Hall–Kier alpha value is -2.97. The highest BCUT2D eigenvalue weighted by Gasteiger charge is 2.31. The summed E-state index contributed by atoms with van der Waals surface area (Å²) in [5.41, 5.74) is 0.761. The van der Waals surface area contributed by atoms with Crippen molar-refractivity contribution in [1.82, 2.24) is 19.2 Å². The molecule has 9 nitrogen and oxygen atoms in total. The number of hydrogen-bond acceptors (Lipinski definition) is 5. The van der Waals surface area contributed by atoms with Crippen molar-refractivity contribution in [3.8, 4) is 0 Å². The summed E-state index contributed by atoms with van der Waals surface area (Å²) in [4.78, 5) is 37.5. The maximum atomic E-state index is 12.7. The molecule has 2 fully saturated rings. The molecule has 2 aliphatic rings. The molecule has 2 aromatic rings. The SMILES string of the molecule is Cn1nc(C2CCN(C(=O)Cc3ccc([N+](=O)[O-])cc3)CC2)n(C2CCCC2)c1=O. The van der Waals surface area contributed by atoms with E-state index < -0.39 is 4.92 Å². The number of nitro groups is 1. The molecule has 1 amide bonds. The van der Waals surface area contributed by atoms with Crippen LogP contribution in [0.2, 0.25) is 0 Å². The number of carbonyl (C=O) groups is 1. The average molecular weight is 413 g/mol. The van der Waals surface area contributed by atoms with E-state index in [-0.39, 0.29) is 35.7 Å². The van der Waals surface area contributed by atoms with Gasteiger partial charge in [-0.05, 0) is 31.2 Å². The van der Waals surface area contributed by atoms with E-state index in [9.17, 15) is 19.7 Å². The van der Waals surface area contributed by atoms with Gasteiger partial charge < -0.3 is 4.90 Å². The molecule has 1 aromatic carbocycles. The molecule has 1 saturated heterocycles. The van der Waals surface area contributed by atoms with E-state index in [0.717, 1.165) is 49.9 Å². The minimum atomic E-state index is -0.445. The summed E-state index contributed by atoms with van der Waals surface area (Å²) in [6.45, 7) is 1.26. The fourth-order valence-corrected chi connectivity index (χ4v) is 4.69. The van der Waals surface area contributed by atoms with Crippen LogP contribution < -0.4 is 5.69 Å². The molecular weight excluding hydrogens is 386 g/mol. The summed E-state index contributed by atoms with van der Waals surface area (Å²) in [6, 6.07) is 6.38. The van der Waals surface area contributed by atoms with Crippen molar-refractivity contribution in [2.45, 2.75) is 56.9 Å². The zero-order chi connectivity index (χ0) is 21.3. The summed E-state index contributed by atoms with van der Waals surface area (Å²) < 4.78 is 3.35. The van der Waals surface area contributed by atoms with E-state index in [1.165, 1.54) is 16.8 Å². The second-order valence-electron chi connectivity index (χ2n) is 8.33. The largest absolute Gasteiger partial charge is 0.345 e. The third-order valence-electron chi connectivity index (χ3n) is 6.39. The van der Waals surface area contributed by atoms with E-state index >= 15 is 0 Å². The average Bonchev–Trinajstić information content (AvgIpc) is 3.37. The number of aryl methyl sites for hydroxylation is 1. The fourth-order valence-electron chi connectivity index (χ4n) is 4.69. The minimum absolute atomic E-state index is 0.0238. The van der Waals surface area contributed by atoms with Crippen molar-refractivity contribution in [2.24, 2.45) is 7.05 Å². The van der Waals surface area contributed by atoms with Crippen molar-refractivity contribution in [3.05, 3.63) is 56.3 Å². The van der Waals surface area contributed by atoms with Crippen LogP contribution in [0.4, 0.5) is 5.69 Å². The Labute approximate surface area is 174 Å². The number of hydrogen-bond donors (Lipinski definition) is 0. The number of carbonyl (C=O) groups excluding carboxylic acids is 1. The maximum absolute atomic E-state index is 12.7. The predicted molar refractivity (Wildman–Crippen MR) is 110 cm³/mol. The molecule has 9 heteroatoms. The van der Waals surface area contributed by atoms with E-state index in [1.54, 1.807) is 19.2 Å². The molecule has 30 heavy (non-hydrogen) atoms. The van der Waals surface area contributed by atoms with Gasteiger partial charge in [0, 0.05) is 44.2 Å².